The average Bonchev–Trinajstić information content (AvgIpc) is 2.17. The number of alkyl halides is 1. The second-order valence-electron chi connectivity index (χ2n) is 4.00. The first-order valence-corrected chi connectivity index (χ1v) is 5.45. The number of rotatable bonds is 4. The minimum atomic E-state index is -0.298. The summed E-state index contributed by atoms with van der Waals surface area (Å²) in [6, 6.07) is 8.14. The third kappa shape index (κ3) is 3.22. The molecule has 0 fully saturated rings. The molecule has 0 N–H and O–H groups in total. The van der Waals surface area contributed by atoms with Crippen LogP contribution < -0.4 is 4.74 Å². The summed E-state index contributed by atoms with van der Waals surface area (Å²) in [4.78, 5) is 0. The van der Waals surface area contributed by atoms with E-state index in [1.165, 1.54) is 5.56 Å². The Morgan fingerprint density at radius 1 is 1.36 bits per heavy atom. The Labute approximate surface area is 91.0 Å². The zero-order valence-corrected chi connectivity index (χ0v) is 9.77. The maximum Gasteiger partial charge on any atom is 0.120 e. The Bertz CT molecular complexity index is 294. The van der Waals surface area contributed by atoms with Gasteiger partial charge < -0.3 is 4.74 Å². The average molecular weight is 213 g/mol. The predicted molar refractivity (Wildman–Crippen MR) is 61.2 cm³/mol. The molecule has 1 rings (SSSR count). The highest BCUT2D eigenvalue weighted by atomic mass is 35.5. The van der Waals surface area contributed by atoms with Gasteiger partial charge in [0.05, 0.1) is 5.88 Å². The summed E-state index contributed by atoms with van der Waals surface area (Å²) in [5, 5.41) is 0. The van der Waals surface area contributed by atoms with Crippen LogP contribution in [0.25, 0.3) is 0 Å². The van der Waals surface area contributed by atoms with Crippen molar-refractivity contribution in [3.8, 4) is 5.75 Å². The number of hydrogen-bond donors (Lipinski definition) is 0. The molecule has 0 aliphatic carbocycles. The van der Waals surface area contributed by atoms with Crippen molar-refractivity contribution in [2.24, 2.45) is 0 Å². The summed E-state index contributed by atoms with van der Waals surface area (Å²) in [6.07, 6.45) is 1.03. The molecular weight excluding hydrogens is 196 g/mol. The maximum atomic E-state index is 5.79. The fraction of sp³-hybridized carbons (Fsp3) is 0.500. The van der Waals surface area contributed by atoms with Gasteiger partial charge in [0.1, 0.15) is 11.4 Å². The third-order valence-corrected chi connectivity index (χ3v) is 2.67. The SMILES string of the molecule is CCc1cccc(OC(C)(C)CCl)c1. The predicted octanol–water partition coefficient (Wildman–Crippen LogP) is 3.65. The van der Waals surface area contributed by atoms with Gasteiger partial charge in [0.15, 0.2) is 0 Å². The van der Waals surface area contributed by atoms with Crippen LogP contribution in [-0.4, -0.2) is 11.5 Å². The highest BCUT2D eigenvalue weighted by molar-refractivity contribution is 6.18. The van der Waals surface area contributed by atoms with Gasteiger partial charge in [-0.1, -0.05) is 19.1 Å². The molecule has 1 aromatic rings. The summed E-state index contributed by atoms with van der Waals surface area (Å²) in [7, 11) is 0. The van der Waals surface area contributed by atoms with Crippen molar-refractivity contribution in [2.45, 2.75) is 32.8 Å². The summed E-state index contributed by atoms with van der Waals surface area (Å²) < 4.78 is 5.76. The molecule has 0 aliphatic heterocycles. The van der Waals surface area contributed by atoms with E-state index >= 15 is 0 Å². The normalized spacial score (nSPS) is 11.4. The van der Waals surface area contributed by atoms with E-state index in [9.17, 15) is 0 Å². The minimum absolute atomic E-state index is 0.298. The first kappa shape index (κ1) is 11.4. The molecule has 1 nitrogen and oxygen atoms in total. The first-order valence-electron chi connectivity index (χ1n) is 4.91. The second-order valence-corrected chi connectivity index (χ2v) is 4.26. The third-order valence-electron chi connectivity index (χ3n) is 2.02. The van der Waals surface area contributed by atoms with Gasteiger partial charge in [-0.15, -0.1) is 11.6 Å². The molecule has 0 aliphatic rings. The molecule has 14 heavy (non-hydrogen) atoms. The highest BCUT2D eigenvalue weighted by Gasteiger charge is 2.17. The summed E-state index contributed by atoms with van der Waals surface area (Å²) in [5.74, 6) is 1.39. The molecule has 0 bridgehead atoms. The lowest BCUT2D eigenvalue weighted by atomic mass is 10.1. The van der Waals surface area contributed by atoms with Crippen LogP contribution in [0.3, 0.4) is 0 Å². The van der Waals surface area contributed by atoms with Gasteiger partial charge in [-0.3, -0.25) is 0 Å². The van der Waals surface area contributed by atoms with Gasteiger partial charge in [-0.25, -0.2) is 0 Å². The van der Waals surface area contributed by atoms with E-state index in [-0.39, 0.29) is 5.60 Å². The molecule has 0 spiro atoms. The van der Waals surface area contributed by atoms with Gasteiger partial charge in [0, 0.05) is 0 Å². The Kier molecular flexibility index (Phi) is 3.82. The smallest absolute Gasteiger partial charge is 0.120 e. The molecule has 0 saturated carbocycles. The lowest BCUT2D eigenvalue weighted by molar-refractivity contribution is 0.134. The van der Waals surface area contributed by atoms with Gasteiger partial charge >= 0.3 is 0 Å². The molecule has 0 radical (unpaired) electrons. The monoisotopic (exact) mass is 212 g/mol. The fourth-order valence-corrected chi connectivity index (χ4v) is 1.23. The van der Waals surface area contributed by atoms with Crippen molar-refractivity contribution >= 4 is 11.6 Å². The molecule has 0 aromatic heterocycles. The van der Waals surface area contributed by atoms with Crippen LogP contribution in [-0.2, 0) is 6.42 Å². The van der Waals surface area contributed by atoms with Crippen LogP contribution in [0, 0.1) is 0 Å². The Morgan fingerprint density at radius 2 is 2.07 bits per heavy atom. The van der Waals surface area contributed by atoms with E-state index in [1.54, 1.807) is 0 Å². The lowest BCUT2D eigenvalue weighted by Crippen LogP contribution is -2.30. The fourth-order valence-electron chi connectivity index (χ4n) is 1.18. The van der Waals surface area contributed by atoms with Crippen molar-refractivity contribution < 1.29 is 4.74 Å². The molecule has 78 valence electrons. The van der Waals surface area contributed by atoms with Crippen LogP contribution in [0.1, 0.15) is 26.3 Å². The number of hydrogen-bond acceptors (Lipinski definition) is 1. The van der Waals surface area contributed by atoms with E-state index in [0.29, 0.717) is 5.88 Å². The van der Waals surface area contributed by atoms with Gasteiger partial charge in [0.2, 0.25) is 0 Å². The summed E-state index contributed by atoms with van der Waals surface area (Å²) in [6.45, 7) is 6.10. The zero-order chi connectivity index (χ0) is 10.6. The van der Waals surface area contributed by atoms with E-state index in [0.717, 1.165) is 12.2 Å². The van der Waals surface area contributed by atoms with Crippen molar-refractivity contribution in [1.82, 2.24) is 0 Å². The minimum Gasteiger partial charge on any atom is -0.487 e. The number of benzene rings is 1. The van der Waals surface area contributed by atoms with Crippen LogP contribution >= 0.6 is 11.6 Å². The largest absolute Gasteiger partial charge is 0.487 e. The molecular formula is C12H17ClO. The maximum absolute atomic E-state index is 5.79. The highest BCUT2D eigenvalue weighted by Crippen LogP contribution is 2.20. The van der Waals surface area contributed by atoms with Crippen molar-refractivity contribution in [1.29, 1.82) is 0 Å². The Morgan fingerprint density at radius 3 is 2.64 bits per heavy atom. The standard InChI is InChI=1S/C12H17ClO/c1-4-10-6-5-7-11(8-10)14-12(2,3)9-13/h5-8H,4,9H2,1-3H3. The molecule has 0 atom stereocenters. The van der Waals surface area contributed by atoms with Crippen molar-refractivity contribution in [3.05, 3.63) is 29.8 Å². The zero-order valence-electron chi connectivity index (χ0n) is 9.01. The second kappa shape index (κ2) is 4.70. The van der Waals surface area contributed by atoms with Crippen LogP contribution in [0.5, 0.6) is 5.75 Å². The topological polar surface area (TPSA) is 9.23 Å². The van der Waals surface area contributed by atoms with Gasteiger partial charge in [-0.2, -0.15) is 0 Å². The summed E-state index contributed by atoms with van der Waals surface area (Å²) in [5.41, 5.74) is 0.987. The van der Waals surface area contributed by atoms with Crippen LogP contribution in [0.15, 0.2) is 24.3 Å². The van der Waals surface area contributed by atoms with Crippen LogP contribution in [0.2, 0.25) is 0 Å². The lowest BCUT2D eigenvalue weighted by Gasteiger charge is -2.23. The molecule has 0 heterocycles. The van der Waals surface area contributed by atoms with Crippen LogP contribution in [0.4, 0.5) is 0 Å². The molecule has 2 heteroatoms. The van der Waals surface area contributed by atoms with E-state index < -0.39 is 0 Å². The summed E-state index contributed by atoms with van der Waals surface area (Å²) >= 11 is 5.79. The molecule has 0 saturated heterocycles. The molecule has 0 amide bonds. The number of ether oxygens (including phenoxy) is 1. The van der Waals surface area contributed by atoms with Crippen molar-refractivity contribution in [2.75, 3.05) is 5.88 Å². The van der Waals surface area contributed by atoms with E-state index in [1.807, 2.05) is 26.0 Å². The number of aryl methyl sites for hydroxylation is 1. The van der Waals surface area contributed by atoms with Gasteiger partial charge in [0.25, 0.3) is 0 Å². The Hall–Kier alpha value is -0.690. The van der Waals surface area contributed by atoms with E-state index in [4.69, 9.17) is 16.3 Å². The molecule has 0 unspecified atom stereocenters. The van der Waals surface area contributed by atoms with Crippen molar-refractivity contribution in [3.63, 3.8) is 0 Å². The quantitative estimate of drug-likeness (QED) is 0.693. The van der Waals surface area contributed by atoms with E-state index in [2.05, 4.69) is 19.1 Å². The number of halogens is 1. The first-order chi connectivity index (χ1) is 6.57. The van der Waals surface area contributed by atoms with Gasteiger partial charge in [-0.05, 0) is 38.0 Å². The Balaban J connectivity index is 2.76. The molecule has 1 aromatic carbocycles.